The third-order valence-corrected chi connectivity index (χ3v) is 3.54. The molecule has 2 nitrogen and oxygen atoms in total. The molecule has 1 aromatic carbocycles. The zero-order chi connectivity index (χ0) is 13.2. The lowest BCUT2D eigenvalue weighted by molar-refractivity contribution is -0.118. The Morgan fingerprint density at radius 2 is 2.11 bits per heavy atom. The lowest BCUT2D eigenvalue weighted by Crippen LogP contribution is -2.25. The summed E-state index contributed by atoms with van der Waals surface area (Å²) in [5, 5.41) is 3.62. The molecular formula is C14H18ClNOS. The highest BCUT2D eigenvalue weighted by Crippen LogP contribution is 2.15. The first-order valence-corrected chi connectivity index (χ1v) is 7.45. The van der Waals surface area contributed by atoms with Crippen LogP contribution in [0.2, 0.25) is 5.02 Å². The molecule has 0 aliphatic carbocycles. The fourth-order valence-electron chi connectivity index (χ4n) is 1.35. The number of hydrogen-bond donors (Lipinski definition) is 1. The topological polar surface area (TPSA) is 29.1 Å². The monoisotopic (exact) mass is 283 g/mol. The van der Waals surface area contributed by atoms with Crippen molar-refractivity contribution in [1.29, 1.82) is 0 Å². The van der Waals surface area contributed by atoms with E-state index in [4.69, 9.17) is 11.6 Å². The van der Waals surface area contributed by atoms with Crippen molar-refractivity contribution in [3.05, 3.63) is 47.0 Å². The van der Waals surface area contributed by atoms with Crippen molar-refractivity contribution >= 4 is 29.3 Å². The average molecular weight is 284 g/mol. The van der Waals surface area contributed by atoms with Gasteiger partial charge in [-0.25, -0.2) is 0 Å². The van der Waals surface area contributed by atoms with Gasteiger partial charge in [-0.3, -0.25) is 4.79 Å². The maximum atomic E-state index is 11.5. The smallest absolute Gasteiger partial charge is 0.230 e. The first-order valence-electron chi connectivity index (χ1n) is 5.92. The molecule has 0 saturated carbocycles. The van der Waals surface area contributed by atoms with E-state index in [1.807, 2.05) is 43.3 Å². The fraction of sp³-hybridized carbons (Fsp3) is 0.357. The van der Waals surface area contributed by atoms with E-state index in [1.165, 1.54) is 5.56 Å². The summed E-state index contributed by atoms with van der Waals surface area (Å²) in [4.78, 5) is 11.5. The summed E-state index contributed by atoms with van der Waals surface area (Å²) in [6.07, 6.45) is 4.92. The number of thioether (sulfide) groups is 1. The second kappa shape index (κ2) is 9.06. The van der Waals surface area contributed by atoms with Crippen molar-refractivity contribution in [3.63, 3.8) is 0 Å². The number of benzene rings is 1. The van der Waals surface area contributed by atoms with E-state index in [0.717, 1.165) is 17.2 Å². The first kappa shape index (κ1) is 15.1. The Morgan fingerprint density at radius 1 is 1.39 bits per heavy atom. The van der Waals surface area contributed by atoms with Crippen LogP contribution < -0.4 is 5.32 Å². The first-order chi connectivity index (χ1) is 8.72. The molecule has 4 heteroatoms. The van der Waals surface area contributed by atoms with Gasteiger partial charge in [-0.15, -0.1) is 11.8 Å². The summed E-state index contributed by atoms with van der Waals surface area (Å²) in [6, 6.07) is 7.71. The van der Waals surface area contributed by atoms with Gasteiger partial charge in [0.1, 0.15) is 0 Å². The number of carbonyl (C=O) groups is 1. The summed E-state index contributed by atoms with van der Waals surface area (Å²) in [5.74, 6) is 1.43. The van der Waals surface area contributed by atoms with E-state index < -0.39 is 0 Å². The van der Waals surface area contributed by atoms with Crippen LogP contribution in [0.4, 0.5) is 0 Å². The molecule has 1 rings (SSSR count). The minimum Gasteiger partial charge on any atom is -0.355 e. The van der Waals surface area contributed by atoms with Crippen molar-refractivity contribution in [3.8, 4) is 0 Å². The Labute approximate surface area is 118 Å². The summed E-state index contributed by atoms with van der Waals surface area (Å²) >= 11 is 7.41. The molecule has 1 aromatic rings. The average Bonchev–Trinajstić information content (AvgIpc) is 2.37. The second-order valence-electron chi connectivity index (χ2n) is 3.83. The van der Waals surface area contributed by atoms with Crippen LogP contribution in [-0.4, -0.2) is 18.2 Å². The summed E-state index contributed by atoms with van der Waals surface area (Å²) in [7, 11) is 0. The molecule has 0 fully saturated rings. The van der Waals surface area contributed by atoms with Gasteiger partial charge in [0.05, 0.1) is 5.75 Å². The molecule has 0 spiro atoms. The number of halogens is 1. The standard InChI is InChI=1S/C14H18ClNOS/c1-2-3-4-9-16-14(17)11-18-10-12-5-7-13(15)8-6-12/h2-3,5-8H,4,9-11H2,1H3,(H,16,17)/b3-2+. The number of hydrogen-bond acceptors (Lipinski definition) is 2. The molecule has 0 heterocycles. The van der Waals surface area contributed by atoms with Crippen LogP contribution in [0, 0.1) is 0 Å². The van der Waals surface area contributed by atoms with E-state index in [1.54, 1.807) is 11.8 Å². The van der Waals surface area contributed by atoms with Gasteiger partial charge in [0.15, 0.2) is 0 Å². The second-order valence-corrected chi connectivity index (χ2v) is 5.25. The molecule has 0 aliphatic rings. The minimum absolute atomic E-state index is 0.0958. The van der Waals surface area contributed by atoms with Gasteiger partial charge in [0.25, 0.3) is 0 Å². The molecule has 1 N–H and O–H groups in total. The Hall–Kier alpha value is -0.930. The Bertz CT molecular complexity index is 389. The molecule has 1 amide bonds. The summed E-state index contributed by atoms with van der Waals surface area (Å²) < 4.78 is 0. The van der Waals surface area contributed by atoms with Crippen LogP contribution in [0.25, 0.3) is 0 Å². The number of rotatable bonds is 7. The SMILES string of the molecule is C/C=C/CCNC(=O)CSCc1ccc(Cl)cc1. The Morgan fingerprint density at radius 3 is 2.78 bits per heavy atom. The van der Waals surface area contributed by atoms with Crippen LogP contribution in [0.15, 0.2) is 36.4 Å². The van der Waals surface area contributed by atoms with E-state index in [2.05, 4.69) is 5.32 Å². The molecule has 0 aromatic heterocycles. The van der Waals surface area contributed by atoms with Crippen molar-refractivity contribution in [2.24, 2.45) is 0 Å². The van der Waals surface area contributed by atoms with Crippen molar-refractivity contribution in [2.45, 2.75) is 19.1 Å². The van der Waals surface area contributed by atoms with Gasteiger partial charge in [0.2, 0.25) is 5.91 Å². The van der Waals surface area contributed by atoms with Crippen LogP contribution in [0.1, 0.15) is 18.9 Å². The zero-order valence-electron chi connectivity index (χ0n) is 10.5. The fourth-order valence-corrected chi connectivity index (χ4v) is 2.30. The summed E-state index contributed by atoms with van der Waals surface area (Å²) in [6.45, 7) is 2.69. The zero-order valence-corrected chi connectivity index (χ0v) is 12.1. The van der Waals surface area contributed by atoms with E-state index in [-0.39, 0.29) is 5.91 Å². The van der Waals surface area contributed by atoms with E-state index in [0.29, 0.717) is 12.3 Å². The van der Waals surface area contributed by atoms with Gasteiger partial charge >= 0.3 is 0 Å². The maximum absolute atomic E-state index is 11.5. The van der Waals surface area contributed by atoms with Crippen molar-refractivity contribution < 1.29 is 4.79 Å². The molecule has 0 aliphatic heterocycles. The van der Waals surface area contributed by atoms with Gasteiger partial charge < -0.3 is 5.32 Å². The highest BCUT2D eigenvalue weighted by Gasteiger charge is 2.00. The molecular weight excluding hydrogens is 266 g/mol. The molecule has 0 unspecified atom stereocenters. The minimum atomic E-state index is 0.0958. The van der Waals surface area contributed by atoms with E-state index >= 15 is 0 Å². The molecule has 0 bridgehead atoms. The lowest BCUT2D eigenvalue weighted by atomic mass is 10.2. The van der Waals surface area contributed by atoms with Crippen LogP contribution in [0.5, 0.6) is 0 Å². The van der Waals surface area contributed by atoms with Crippen LogP contribution in [0.3, 0.4) is 0 Å². The summed E-state index contributed by atoms with van der Waals surface area (Å²) in [5.41, 5.74) is 1.19. The number of carbonyl (C=O) groups excluding carboxylic acids is 1. The van der Waals surface area contributed by atoms with Crippen LogP contribution in [-0.2, 0) is 10.5 Å². The Balaban J connectivity index is 2.13. The van der Waals surface area contributed by atoms with Gasteiger partial charge in [-0.2, -0.15) is 0 Å². The van der Waals surface area contributed by atoms with Gasteiger partial charge in [-0.1, -0.05) is 35.9 Å². The quantitative estimate of drug-likeness (QED) is 0.611. The lowest BCUT2D eigenvalue weighted by Gasteiger charge is -2.04. The third-order valence-electron chi connectivity index (χ3n) is 2.28. The molecule has 0 radical (unpaired) electrons. The number of amides is 1. The predicted molar refractivity (Wildman–Crippen MR) is 80.1 cm³/mol. The van der Waals surface area contributed by atoms with Gasteiger partial charge in [0, 0.05) is 17.3 Å². The molecule has 98 valence electrons. The number of nitrogens with one attached hydrogen (secondary N) is 1. The van der Waals surface area contributed by atoms with Crippen molar-refractivity contribution in [2.75, 3.05) is 12.3 Å². The van der Waals surface area contributed by atoms with Crippen LogP contribution >= 0.6 is 23.4 Å². The normalized spacial score (nSPS) is 10.8. The maximum Gasteiger partial charge on any atom is 0.230 e. The molecule has 18 heavy (non-hydrogen) atoms. The Kier molecular flexibility index (Phi) is 7.62. The van der Waals surface area contributed by atoms with Gasteiger partial charge in [-0.05, 0) is 31.0 Å². The highest BCUT2D eigenvalue weighted by molar-refractivity contribution is 7.99. The highest BCUT2D eigenvalue weighted by atomic mass is 35.5. The molecule has 0 saturated heterocycles. The predicted octanol–water partition coefficient (Wildman–Crippen LogP) is 3.66. The molecule has 0 atom stereocenters. The number of allylic oxidation sites excluding steroid dienone is 1. The third kappa shape index (κ3) is 6.72. The largest absolute Gasteiger partial charge is 0.355 e. The van der Waals surface area contributed by atoms with E-state index in [9.17, 15) is 4.79 Å². The van der Waals surface area contributed by atoms with Crippen molar-refractivity contribution in [1.82, 2.24) is 5.32 Å².